The van der Waals surface area contributed by atoms with Gasteiger partial charge in [-0.15, -0.1) is 0 Å². The smallest absolute Gasteiger partial charge is 0.224 e. The predicted octanol–water partition coefficient (Wildman–Crippen LogP) is 2.27. The molecule has 0 saturated carbocycles. The molecule has 1 aliphatic heterocycles. The third kappa shape index (κ3) is 3.64. The fraction of sp³-hybridized carbons (Fsp3) is 0.429. The summed E-state index contributed by atoms with van der Waals surface area (Å²) in [4.78, 5) is 25.1. The van der Waals surface area contributed by atoms with Gasteiger partial charge in [0, 0.05) is 36.1 Å². The summed E-state index contributed by atoms with van der Waals surface area (Å²) in [5.41, 5.74) is 0.633. The lowest BCUT2D eigenvalue weighted by Gasteiger charge is -2.30. The number of rotatable bonds is 3. The summed E-state index contributed by atoms with van der Waals surface area (Å²) in [6.45, 7) is 0.542. The summed E-state index contributed by atoms with van der Waals surface area (Å²) in [5, 5.41) is 3.90. The molecule has 1 heterocycles. The largest absolute Gasteiger partial charge is 0.351 e. The normalized spacial score (nSPS) is 19.1. The van der Waals surface area contributed by atoms with Crippen LogP contribution < -0.4 is 5.32 Å². The highest BCUT2D eigenvalue weighted by atomic mass is 35.5. The SMILES string of the molecule is CN1CC(NC(=O)Cc2c(Cl)cccc2Cl)CCC1=O. The zero-order valence-corrected chi connectivity index (χ0v) is 12.7. The molecule has 108 valence electrons. The van der Waals surface area contributed by atoms with Gasteiger partial charge in [0.25, 0.3) is 0 Å². The van der Waals surface area contributed by atoms with Crippen LogP contribution in [0.4, 0.5) is 0 Å². The van der Waals surface area contributed by atoms with Gasteiger partial charge in [0.15, 0.2) is 0 Å². The Hall–Kier alpha value is -1.26. The standard InChI is InChI=1S/C14H16Cl2N2O2/c1-18-8-9(5-6-14(18)20)17-13(19)7-10-11(15)3-2-4-12(10)16/h2-4,9H,5-8H2,1H3,(H,17,19). The Morgan fingerprint density at radius 1 is 1.40 bits per heavy atom. The van der Waals surface area contributed by atoms with E-state index in [9.17, 15) is 9.59 Å². The van der Waals surface area contributed by atoms with Gasteiger partial charge in [0.2, 0.25) is 11.8 Å². The molecule has 0 bridgehead atoms. The Morgan fingerprint density at radius 3 is 2.65 bits per heavy atom. The number of carbonyl (C=O) groups excluding carboxylic acids is 2. The van der Waals surface area contributed by atoms with Gasteiger partial charge in [0.1, 0.15) is 0 Å². The molecule has 4 nitrogen and oxygen atoms in total. The van der Waals surface area contributed by atoms with E-state index in [2.05, 4.69) is 5.32 Å². The molecule has 0 spiro atoms. The summed E-state index contributed by atoms with van der Waals surface area (Å²) in [6, 6.07) is 5.16. The van der Waals surface area contributed by atoms with E-state index in [1.165, 1.54) is 0 Å². The van der Waals surface area contributed by atoms with Crippen LogP contribution in [0.5, 0.6) is 0 Å². The third-order valence-electron chi connectivity index (χ3n) is 3.39. The third-order valence-corrected chi connectivity index (χ3v) is 4.10. The quantitative estimate of drug-likeness (QED) is 0.930. The van der Waals surface area contributed by atoms with Gasteiger partial charge in [-0.1, -0.05) is 29.3 Å². The number of benzene rings is 1. The average Bonchev–Trinajstić information content (AvgIpc) is 2.38. The van der Waals surface area contributed by atoms with E-state index in [1.54, 1.807) is 30.1 Å². The van der Waals surface area contributed by atoms with Crippen molar-refractivity contribution < 1.29 is 9.59 Å². The second-order valence-electron chi connectivity index (χ2n) is 4.95. The lowest BCUT2D eigenvalue weighted by molar-refractivity contribution is -0.133. The minimum absolute atomic E-state index is 0.00790. The number of likely N-dealkylation sites (tertiary alicyclic amines) is 1. The van der Waals surface area contributed by atoms with Crippen molar-refractivity contribution >= 4 is 35.0 Å². The molecule has 2 amide bonds. The zero-order valence-electron chi connectivity index (χ0n) is 11.2. The molecule has 0 aliphatic carbocycles. The highest BCUT2D eigenvalue weighted by Gasteiger charge is 2.24. The van der Waals surface area contributed by atoms with Crippen LogP contribution in [0.15, 0.2) is 18.2 Å². The van der Waals surface area contributed by atoms with E-state index < -0.39 is 0 Å². The number of halogens is 2. The number of amides is 2. The summed E-state index contributed by atoms with van der Waals surface area (Å²) in [7, 11) is 1.74. The molecule has 1 N–H and O–H groups in total. The summed E-state index contributed by atoms with van der Waals surface area (Å²) >= 11 is 12.1. The zero-order chi connectivity index (χ0) is 14.7. The van der Waals surface area contributed by atoms with Gasteiger partial charge in [-0.2, -0.15) is 0 Å². The van der Waals surface area contributed by atoms with Gasteiger partial charge in [-0.3, -0.25) is 9.59 Å². The van der Waals surface area contributed by atoms with E-state index in [-0.39, 0.29) is 24.3 Å². The van der Waals surface area contributed by atoms with E-state index in [0.717, 1.165) is 0 Å². The average molecular weight is 315 g/mol. The van der Waals surface area contributed by atoms with Crippen LogP contribution in [0.1, 0.15) is 18.4 Å². The molecule has 1 atom stereocenters. The first kappa shape index (κ1) is 15.1. The highest BCUT2D eigenvalue weighted by molar-refractivity contribution is 6.36. The van der Waals surface area contributed by atoms with Gasteiger partial charge < -0.3 is 10.2 Å². The van der Waals surface area contributed by atoms with Crippen molar-refractivity contribution in [2.24, 2.45) is 0 Å². The number of carbonyl (C=O) groups is 2. The van der Waals surface area contributed by atoms with E-state index in [1.807, 2.05) is 0 Å². The molecule has 0 radical (unpaired) electrons. The Balaban J connectivity index is 1.94. The second kappa shape index (κ2) is 6.46. The van der Waals surface area contributed by atoms with Crippen LogP contribution in [0.2, 0.25) is 10.0 Å². The second-order valence-corrected chi connectivity index (χ2v) is 5.77. The minimum Gasteiger partial charge on any atom is -0.351 e. The molecule has 1 unspecified atom stereocenters. The topological polar surface area (TPSA) is 49.4 Å². The van der Waals surface area contributed by atoms with Crippen LogP contribution in [0, 0.1) is 0 Å². The molecule has 1 aromatic carbocycles. The van der Waals surface area contributed by atoms with Crippen LogP contribution in [-0.2, 0) is 16.0 Å². The number of nitrogens with one attached hydrogen (secondary N) is 1. The number of nitrogens with zero attached hydrogens (tertiary/aromatic N) is 1. The van der Waals surface area contributed by atoms with Crippen LogP contribution in [0.25, 0.3) is 0 Å². The highest BCUT2D eigenvalue weighted by Crippen LogP contribution is 2.24. The Labute approximate surface area is 128 Å². The van der Waals surface area contributed by atoms with E-state index in [4.69, 9.17) is 23.2 Å². The predicted molar refractivity (Wildman–Crippen MR) is 79.0 cm³/mol. The molecule has 1 aromatic rings. The first-order valence-corrected chi connectivity index (χ1v) is 7.19. The van der Waals surface area contributed by atoms with Crippen molar-refractivity contribution in [1.29, 1.82) is 0 Å². The molecule has 2 rings (SSSR count). The first-order chi connectivity index (χ1) is 9.47. The Bertz CT molecular complexity index is 514. The van der Waals surface area contributed by atoms with Gasteiger partial charge in [-0.25, -0.2) is 0 Å². The molecular weight excluding hydrogens is 299 g/mol. The summed E-state index contributed by atoms with van der Waals surface area (Å²) < 4.78 is 0. The minimum atomic E-state index is -0.132. The van der Waals surface area contributed by atoms with Gasteiger partial charge in [-0.05, 0) is 24.1 Å². The van der Waals surface area contributed by atoms with Crippen LogP contribution in [0.3, 0.4) is 0 Å². The number of likely N-dealkylation sites (N-methyl/N-ethyl adjacent to an activating group) is 1. The molecule has 6 heteroatoms. The van der Waals surface area contributed by atoms with Crippen molar-refractivity contribution in [1.82, 2.24) is 10.2 Å². The maximum Gasteiger partial charge on any atom is 0.224 e. The van der Waals surface area contributed by atoms with Crippen LogP contribution >= 0.6 is 23.2 Å². The Morgan fingerprint density at radius 2 is 2.05 bits per heavy atom. The first-order valence-electron chi connectivity index (χ1n) is 6.43. The molecular formula is C14H16Cl2N2O2. The maximum absolute atomic E-state index is 12.0. The number of hydrogen-bond donors (Lipinski definition) is 1. The Kier molecular flexibility index (Phi) is 4.89. The number of piperidine rings is 1. The maximum atomic E-state index is 12.0. The summed E-state index contributed by atoms with van der Waals surface area (Å²) in [6.07, 6.45) is 1.28. The number of hydrogen-bond acceptors (Lipinski definition) is 2. The summed E-state index contributed by atoms with van der Waals surface area (Å²) in [5.74, 6) is -0.0163. The van der Waals surface area contributed by atoms with Crippen molar-refractivity contribution in [3.63, 3.8) is 0 Å². The van der Waals surface area contributed by atoms with Gasteiger partial charge in [0.05, 0.1) is 6.42 Å². The van der Waals surface area contributed by atoms with Gasteiger partial charge >= 0.3 is 0 Å². The van der Waals surface area contributed by atoms with Crippen molar-refractivity contribution in [2.45, 2.75) is 25.3 Å². The molecule has 1 aliphatic rings. The van der Waals surface area contributed by atoms with E-state index >= 15 is 0 Å². The van der Waals surface area contributed by atoms with Crippen molar-refractivity contribution in [3.05, 3.63) is 33.8 Å². The molecule has 1 fully saturated rings. The molecule has 0 aromatic heterocycles. The lowest BCUT2D eigenvalue weighted by Crippen LogP contribution is -2.48. The molecule has 1 saturated heterocycles. The van der Waals surface area contributed by atoms with Crippen LogP contribution in [-0.4, -0.2) is 36.3 Å². The van der Waals surface area contributed by atoms with Crippen molar-refractivity contribution in [2.75, 3.05) is 13.6 Å². The lowest BCUT2D eigenvalue weighted by atomic mass is 10.0. The van der Waals surface area contributed by atoms with Crippen molar-refractivity contribution in [3.8, 4) is 0 Å². The molecule has 20 heavy (non-hydrogen) atoms. The van der Waals surface area contributed by atoms with E-state index in [0.29, 0.717) is 35.0 Å². The fourth-order valence-electron chi connectivity index (χ4n) is 2.27. The monoisotopic (exact) mass is 314 g/mol. The fourth-order valence-corrected chi connectivity index (χ4v) is 2.80.